The molecule has 4 nitrogen and oxygen atoms in total. The summed E-state index contributed by atoms with van der Waals surface area (Å²) in [5.41, 5.74) is 1.85. The maximum atomic E-state index is 10.2. The van der Waals surface area contributed by atoms with E-state index in [1.54, 1.807) is 14.2 Å². The second-order valence-electron chi connectivity index (χ2n) is 5.30. The van der Waals surface area contributed by atoms with Crippen molar-refractivity contribution in [3.8, 4) is 11.5 Å². The molecule has 0 aliphatic rings. The monoisotopic (exact) mass is 449 g/mol. The van der Waals surface area contributed by atoms with Crippen molar-refractivity contribution in [1.82, 2.24) is 5.32 Å². The van der Waals surface area contributed by atoms with Crippen LogP contribution in [0.4, 0.5) is 0 Å². The summed E-state index contributed by atoms with van der Waals surface area (Å²) in [6.07, 6.45) is 0.174. The molecule has 0 spiro atoms. The van der Waals surface area contributed by atoms with Crippen LogP contribution in [0, 0.1) is 0 Å². The van der Waals surface area contributed by atoms with Gasteiger partial charge in [-0.25, -0.2) is 0 Å². The van der Waals surface area contributed by atoms with Gasteiger partial charge in [-0.1, -0.05) is 45.7 Å². The minimum atomic E-state index is -0.552. The number of hydrogen-bond donors (Lipinski definition) is 2. The summed E-state index contributed by atoms with van der Waals surface area (Å²) in [4.78, 5) is 0. The number of halogens is 3. The fraction of sp³-hybridized carbons (Fsp3) is 0.333. The highest BCUT2D eigenvalue weighted by molar-refractivity contribution is 9.10. The van der Waals surface area contributed by atoms with E-state index in [-0.39, 0.29) is 12.4 Å². The normalized spacial score (nSPS) is 11.6. The lowest BCUT2D eigenvalue weighted by Gasteiger charge is -2.14. The zero-order valence-electron chi connectivity index (χ0n) is 14.1. The summed E-state index contributed by atoms with van der Waals surface area (Å²) in [5, 5.41) is 14.0. The summed E-state index contributed by atoms with van der Waals surface area (Å²) < 4.78 is 11.5. The Hall–Kier alpha value is -0.980. The van der Waals surface area contributed by atoms with Crippen molar-refractivity contribution in [1.29, 1.82) is 0 Å². The molecule has 0 aromatic heterocycles. The molecule has 2 rings (SSSR count). The van der Waals surface area contributed by atoms with E-state index in [0.29, 0.717) is 29.6 Å². The molecule has 1 unspecified atom stereocenters. The largest absolute Gasteiger partial charge is 0.493 e. The first kappa shape index (κ1) is 22.1. The predicted octanol–water partition coefficient (Wildman–Crippen LogP) is 4.41. The lowest BCUT2D eigenvalue weighted by molar-refractivity contribution is 0.175. The van der Waals surface area contributed by atoms with E-state index >= 15 is 0 Å². The molecule has 138 valence electrons. The number of aliphatic hydroxyl groups excluding tert-OH is 1. The number of rotatable bonds is 8. The molecule has 25 heavy (non-hydrogen) atoms. The maximum absolute atomic E-state index is 10.2. The van der Waals surface area contributed by atoms with E-state index in [9.17, 15) is 5.11 Å². The molecule has 0 saturated heterocycles. The minimum absolute atomic E-state index is 0. The van der Waals surface area contributed by atoms with Crippen molar-refractivity contribution < 1.29 is 14.6 Å². The molecule has 0 aliphatic carbocycles. The van der Waals surface area contributed by atoms with Crippen LogP contribution in [0.1, 0.15) is 17.2 Å². The van der Waals surface area contributed by atoms with Crippen LogP contribution in [0.25, 0.3) is 0 Å². The first-order valence-corrected chi connectivity index (χ1v) is 8.77. The Kier molecular flexibility index (Phi) is 9.61. The molecule has 0 amide bonds. The molecule has 2 aromatic rings. The summed E-state index contributed by atoms with van der Waals surface area (Å²) in [5.74, 6) is 1.16. The van der Waals surface area contributed by atoms with Crippen LogP contribution >= 0.6 is 39.9 Å². The molecule has 2 N–H and O–H groups in total. The van der Waals surface area contributed by atoms with Gasteiger partial charge in [-0.05, 0) is 42.3 Å². The Morgan fingerprint density at radius 2 is 1.96 bits per heavy atom. The van der Waals surface area contributed by atoms with Crippen LogP contribution in [-0.2, 0) is 6.42 Å². The highest BCUT2D eigenvalue weighted by atomic mass is 79.9. The van der Waals surface area contributed by atoms with Gasteiger partial charge in [-0.3, -0.25) is 0 Å². The van der Waals surface area contributed by atoms with Crippen LogP contribution in [-0.4, -0.2) is 32.4 Å². The number of benzene rings is 2. The summed E-state index contributed by atoms with van der Waals surface area (Å²) in [7, 11) is 3.15. The van der Waals surface area contributed by atoms with Crippen molar-refractivity contribution in [2.75, 3.05) is 27.3 Å². The molecule has 0 aliphatic heterocycles. The first-order valence-electron chi connectivity index (χ1n) is 7.60. The Morgan fingerprint density at radius 3 is 2.60 bits per heavy atom. The third kappa shape index (κ3) is 6.04. The van der Waals surface area contributed by atoms with Crippen LogP contribution < -0.4 is 14.8 Å². The molecule has 7 heteroatoms. The van der Waals surface area contributed by atoms with Gasteiger partial charge >= 0.3 is 0 Å². The standard InChI is InChI=1S/C18H21BrClNO3.ClH/c1-23-16-7-6-12(17(20)18(16)24-2)8-9-21-11-15(22)13-4-3-5-14(19)10-13;/h3-7,10,15,21-22H,8-9,11H2,1-2H3;1H. The lowest BCUT2D eigenvalue weighted by Crippen LogP contribution is -2.23. The van der Waals surface area contributed by atoms with Crippen LogP contribution in [0.2, 0.25) is 5.02 Å². The zero-order chi connectivity index (χ0) is 17.5. The summed E-state index contributed by atoms with van der Waals surface area (Å²) in [6.45, 7) is 1.17. The van der Waals surface area contributed by atoms with Gasteiger partial charge in [0, 0.05) is 11.0 Å². The fourth-order valence-electron chi connectivity index (χ4n) is 2.42. The Morgan fingerprint density at radius 1 is 1.20 bits per heavy atom. The van der Waals surface area contributed by atoms with Gasteiger partial charge in [0.2, 0.25) is 0 Å². The first-order chi connectivity index (χ1) is 11.6. The van der Waals surface area contributed by atoms with Gasteiger partial charge in [0.25, 0.3) is 0 Å². The predicted molar refractivity (Wildman–Crippen MR) is 107 cm³/mol. The van der Waals surface area contributed by atoms with Gasteiger partial charge < -0.3 is 19.9 Å². The van der Waals surface area contributed by atoms with Crippen molar-refractivity contribution in [2.24, 2.45) is 0 Å². The number of ether oxygens (including phenoxy) is 2. The molecule has 1 atom stereocenters. The zero-order valence-corrected chi connectivity index (χ0v) is 17.2. The van der Waals surface area contributed by atoms with Gasteiger partial charge in [0.05, 0.1) is 25.3 Å². The number of aliphatic hydroxyl groups is 1. The van der Waals surface area contributed by atoms with Crippen LogP contribution in [0.3, 0.4) is 0 Å². The van der Waals surface area contributed by atoms with E-state index < -0.39 is 6.10 Å². The molecular formula is C18H22BrCl2NO3. The average Bonchev–Trinajstić information content (AvgIpc) is 2.59. The smallest absolute Gasteiger partial charge is 0.179 e. The van der Waals surface area contributed by atoms with Gasteiger partial charge in [0.1, 0.15) is 0 Å². The highest BCUT2D eigenvalue weighted by Crippen LogP contribution is 2.37. The third-order valence-corrected chi connectivity index (χ3v) is 4.61. The van der Waals surface area contributed by atoms with Crippen molar-refractivity contribution in [3.63, 3.8) is 0 Å². The minimum Gasteiger partial charge on any atom is -0.493 e. The molecular weight excluding hydrogens is 429 g/mol. The van der Waals surface area contributed by atoms with E-state index in [1.807, 2.05) is 36.4 Å². The van der Waals surface area contributed by atoms with Crippen molar-refractivity contribution in [3.05, 3.63) is 57.0 Å². The van der Waals surface area contributed by atoms with Crippen LogP contribution in [0.5, 0.6) is 11.5 Å². The molecule has 2 aromatic carbocycles. The fourth-order valence-corrected chi connectivity index (χ4v) is 3.16. The molecule has 0 fully saturated rings. The van der Waals surface area contributed by atoms with Gasteiger partial charge in [-0.15, -0.1) is 12.4 Å². The molecule has 0 bridgehead atoms. The van der Waals surface area contributed by atoms with Crippen LogP contribution in [0.15, 0.2) is 40.9 Å². The Balaban J connectivity index is 0.00000312. The van der Waals surface area contributed by atoms with E-state index in [1.165, 1.54) is 0 Å². The second-order valence-corrected chi connectivity index (χ2v) is 6.59. The number of nitrogens with one attached hydrogen (secondary N) is 1. The maximum Gasteiger partial charge on any atom is 0.179 e. The third-order valence-electron chi connectivity index (χ3n) is 3.71. The molecule has 0 heterocycles. The van der Waals surface area contributed by atoms with E-state index in [0.717, 1.165) is 22.0 Å². The Labute approximate surface area is 168 Å². The topological polar surface area (TPSA) is 50.7 Å². The van der Waals surface area contributed by atoms with Crippen molar-refractivity contribution >= 4 is 39.9 Å². The van der Waals surface area contributed by atoms with E-state index in [4.69, 9.17) is 21.1 Å². The SMILES string of the molecule is COc1ccc(CCNCC(O)c2cccc(Br)c2)c(Cl)c1OC.Cl. The average molecular weight is 451 g/mol. The van der Waals surface area contributed by atoms with Gasteiger partial charge in [-0.2, -0.15) is 0 Å². The molecule has 0 radical (unpaired) electrons. The number of hydrogen-bond acceptors (Lipinski definition) is 4. The quantitative estimate of drug-likeness (QED) is 0.585. The summed E-state index contributed by atoms with van der Waals surface area (Å²) in [6, 6.07) is 11.4. The second kappa shape index (κ2) is 10.9. The highest BCUT2D eigenvalue weighted by Gasteiger charge is 2.13. The summed E-state index contributed by atoms with van der Waals surface area (Å²) >= 11 is 9.77. The molecule has 0 saturated carbocycles. The van der Waals surface area contributed by atoms with Crippen molar-refractivity contribution in [2.45, 2.75) is 12.5 Å². The lowest BCUT2D eigenvalue weighted by atomic mass is 10.1. The van der Waals surface area contributed by atoms with Gasteiger partial charge in [0.15, 0.2) is 11.5 Å². The van der Waals surface area contributed by atoms with E-state index in [2.05, 4.69) is 21.2 Å². The number of methoxy groups -OCH3 is 2. The Bertz CT molecular complexity index is 685.